The minimum Gasteiger partial charge on any atom is -0.481 e. The van der Waals surface area contributed by atoms with Crippen molar-refractivity contribution in [3.63, 3.8) is 0 Å². The third-order valence-corrected chi connectivity index (χ3v) is 3.18. The zero-order valence-electron chi connectivity index (χ0n) is 11.2. The first-order chi connectivity index (χ1) is 9.76. The lowest BCUT2D eigenvalue weighted by atomic mass is 10.2. The molecule has 1 N–H and O–H groups in total. The Bertz CT molecular complexity index is 664. The van der Waals surface area contributed by atoms with E-state index in [0.717, 1.165) is 24.1 Å². The highest BCUT2D eigenvalue weighted by Crippen LogP contribution is 2.23. The van der Waals surface area contributed by atoms with E-state index in [-0.39, 0.29) is 5.56 Å². The van der Waals surface area contributed by atoms with Crippen LogP contribution in [0.5, 0.6) is 5.88 Å². The van der Waals surface area contributed by atoms with E-state index in [1.807, 2.05) is 12.1 Å². The average molecular weight is 272 g/mol. The monoisotopic (exact) mass is 272 g/mol. The summed E-state index contributed by atoms with van der Waals surface area (Å²) in [5.74, 6) is 0.515. The van der Waals surface area contributed by atoms with Crippen LogP contribution in [-0.2, 0) is 6.54 Å². The molecule has 0 radical (unpaired) electrons. The normalized spacial score (nSPS) is 14.1. The zero-order valence-corrected chi connectivity index (χ0v) is 11.2. The van der Waals surface area contributed by atoms with Crippen molar-refractivity contribution in [2.24, 2.45) is 0 Å². The molecule has 0 spiro atoms. The van der Waals surface area contributed by atoms with Crippen LogP contribution in [0.25, 0.3) is 0 Å². The molecule has 2 aromatic rings. The Labute approximate surface area is 116 Å². The lowest BCUT2D eigenvalue weighted by Gasteiger charge is -2.09. The third kappa shape index (κ3) is 2.79. The highest BCUT2D eigenvalue weighted by molar-refractivity contribution is 5.41. The molecule has 0 unspecified atom stereocenters. The summed E-state index contributed by atoms with van der Waals surface area (Å²) in [5, 5.41) is 7.45. The van der Waals surface area contributed by atoms with Crippen molar-refractivity contribution in [2.75, 3.05) is 12.4 Å². The number of aromatic nitrogens is 3. The quantitative estimate of drug-likeness (QED) is 0.887. The fraction of sp³-hybridized carbons (Fsp3) is 0.357. The molecule has 1 aliphatic rings. The van der Waals surface area contributed by atoms with E-state index in [9.17, 15) is 4.79 Å². The standard InChI is InChI=1S/C14H16N4O2/c1-20-14-10(3-2-6-15-14)9-18-13(19)7-12(8-16-18)17-11-4-5-11/h2-3,6-8,11,17H,4-5,9H2,1H3. The fourth-order valence-corrected chi connectivity index (χ4v) is 1.98. The Morgan fingerprint density at radius 2 is 2.35 bits per heavy atom. The predicted octanol–water partition coefficient (Wildman–Crippen LogP) is 1.27. The molecule has 1 fully saturated rings. The highest BCUT2D eigenvalue weighted by Gasteiger charge is 2.21. The van der Waals surface area contributed by atoms with Gasteiger partial charge in [0.05, 0.1) is 25.5 Å². The van der Waals surface area contributed by atoms with Crippen molar-refractivity contribution in [1.29, 1.82) is 0 Å². The summed E-state index contributed by atoms with van der Waals surface area (Å²) < 4.78 is 6.58. The largest absolute Gasteiger partial charge is 0.481 e. The molecule has 6 nitrogen and oxygen atoms in total. The molecule has 0 bridgehead atoms. The van der Waals surface area contributed by atoms with Gasteiger partial charge in [-0.3, -0.25) is 4.79 Å². The second-order valence-corrected chi connectivity index (χ2v) is 4.83. The van der Waals surface area contributed by atoms with Crippen molar-refractivity contribution in [2.45, 2.75) is 25.4 Å². The molecule has 0 aromatic carbocycles. The van der Waals surface area contributed by atoms with E-state index >= 15 is 0 Å². The topological polar surface area (TPSA) is 69.0 Å². The first-order valence-corrected chi connectivity index (χ1v) is 6.58. The van der Waals surface area contributed by atoms with Crippen molar-refractivity contribution < 1.29 is 4.74 Å². The van der Waals surface area contributed by atoms with Crippen LogP contribution < -0.4 is 15.6 Å². The van der Waals surface area contributed by atoms with Crippen LogP contribution in [0.4, 0.5) is 5.69 Å². The van der Waals surface area contributed by atoms with Gasteiger partial charge in [-0.05, 0) is 18.9 Å². The summed E-state index contributed by atoms with van der Waals surface area (Å²) in [7, 11) is 1.56. The summed E-state index contributed by atoms with van der Waals surface area (Å²) >= 11 is 0. The molecule has 20 heavy (non-hydrogen) atoms. The molecule has 0 aliphatic heterocycles. The van der Waals surface area contributed by atoms with E-state index in [4.69, 9.17) is 4.74 Å². The van der Waals surface area contributed by atoms with Crippen LogP contribution in [0, 0.1) is 0 Å². The molecule has 1 aliphatic carbocycles. The van der Waals surface area contributed by atoms with Gasteiger partial charge in [0.15, 0.2) is 0 Å². The molecule has 6 heteroatoms. The number of methoxy groups -OCH3 is 1. The van der Waals surface area contributed by atoms with Crippen molar-refractivity contribution >= 4 is 5.69 Å². The lowest BCUT2D eigenvalue weighted by molar-refractivity contribution is 0.389. The van der Waals surface area contributed by atoms with Crippen LogP contribution in [0.15, 0.2) is 35.4 Å². The van der Waals surface area contributed by atoms with Crippen LogP contribution in [0.3, 0.4) is 0 Å². The van der Waals surface area contributed by atoms with Crippen LogP contribution in [-0.4, -0.2) is 27.9 Å². The van der Waals surface area contributed by atoms with Gasteiger partial charge in [-0.2, -0.15) is 5.10 Å². The van der Waals surface area contributed by atoms with Gasteiger partial charge in [0.2, 0.25) is 5.88 Å². The minimum atomic E-state index is -0.137. The number of hydrogen-bond acceptors (Lipinski definition) is 5. The van der Waals surface area contributed by atoms with E-state index in [0.29, 0.717) is 18.5 Å². The Balaban J connectivity index is 1.81. The third-order valence-electron chi connectivity index (χ3n) is 3.18. The Kier molecular flexibility index (Phi) is 3.37. The summed E-state index contributed by atoms with van der Waals surface area (Å²) in [5.41, 5.74) is 1.47. The van der Waals surface area contributed by atoms with Gasteiger partial charge in [-0.1, -0.05) is 6.07 Å². The molecule has 0 amide bonds. The summed E-state index contributed by atoms with van der Waals surface area (Å²) in [4.78, 5) is 16.2. The van der Waals surface area contributed by atoms with Crippen molar-refractivity contribution in [3.05, 3.63) is 46.5 Å². The van der Waals surface area contributed by atoms with Gasteiger partial charge >= 0.3 is 0 Å². The van der Waals surface area contributed by atoms with E-state index < -0.39 is 0 Å². The molecule has 104 valence electrons. The molecule has 2 heterocycles. The fourth-order valence-electron chi connectivity index (χ4n) is 1.98. The van der Waals surface area contributed by atoms with Gasteiger partial charge in [-0.15, -0.1) is 0 Å². The lowest BCUT2D eigenvalue weighted by Crippen LogP contribution is -2.23. The van der Waals surface area contributed by atoms with Crippen molar-refractivity contribution in [1.82, 2.24) is 14.8 Å². The summed E-state index contributed by atoms with van der Waals surface area (Å²) in [6.45, 7) is 0.347. The summed E-state index contributed by atoms with van der Waals surface area (Å²) in [6.07, 6.45) is 5.66. The van der Waals surface area contributed by atoms with E-state index in [1.165, 1.54) is 4.68 Å². The molecule has 0 atom stereocenters. The van der Waals surface area contributed by atoms with Gasteiger partial charge in [0.1, 0.15) is 0 Å². The smallest absolute Gasteiger partial charge is 0.269 e. The second-order valence-electron chi connectivity index (χ2n) is 4.83. The number of nitrogens with one attached hydrogen (secondary N) is 1. The van der Waals surface area contributed by atoms with Gasteiger partial charge in [0.25, 0.3) is 5.56 Å². The number of nitrogens with zero attached hydrogens (tertiary/aromatic N) is 3. The van der Waals surface area contributed by atoms with Crippen LogP contribution in [0.1, 0.15) is 18.4 Å². The first-order valence-electron chi connectivity index (χ1n) is 6.58. The number of hydrogen-bond donors (Lipinski definition) is 1. The van der Waals surface area contributed by atoms with E-state index in [2.05, 4.69) is 15.4 Å². The van der Waals surface area contributed by atoms with E-state index in [1.54, 1.807) is 25.6 Å². The Morgan fingerprint density at radius 1 is 1.50 bits per heavy atom. The maximum absolute atomic E-state index is 12.0. The molecule has 3 rings (SSSR count). The van der Waals surface area contributed by atoms with Gasteiger partial charge in [-0.25, -0.2) is 9.67 Å². The van der Waals surface area contributed by atoms with Crippen molar-refractivity contribution in [3.8, 4) is 5.88 Å². The minimum absolute atomic E-state index is 0.137. The molecule has 0 saturated heterocycles. The summed E-state index contributed by atoms with van der Waals surface area (Å²) in [6, 6.07) is 5.77. The average Bonchev–Trinajstić information content (AvgIpc) is 3.26. The molecule has 1 saturated carbocycles. The van der Waals surface area contributed by atoms with Crippen LogP contribution in [0.2, 0.25) is 0 Å². The molecular weight excluding hydrogens is 256 g/mol. The Hall–Kier alpha value is -2.37. The van der Waals surface area contributed by atoms with Crippen LogP contribution >= 0.6 is 0 Å². The van der Waals surface area contributed by atoms with Gasteiger partial charge in [0, 0.05) is 23.9 Å². The molecule has 2 aromatic heterocycles. The maximum atomic E-state index is 12.0. The number of anilines is 1. The first kappa shape index (κ1) is 12.7. The predicted molar refractivity (Wildman–Crippen MR) is 75.0 cm³/mol. The number of pyridine rings is 1. The number of rotatable bonds is 5. The maximum Gasteiger partial charge on any atom is 0.269 e. The highest BCUT2D eigenvalue weighted by atomic mass is 16.5. The zero-order chi connectivity index (χ0) is 13.9. The molecular formula is C14H16N4O2. The second kappa shape index (κ2) is 5.32. The van der Waals surface area contributed by atoms with Gasteiger partial charge < -0.3 is 10.1 Å². The Morgan fingerprint density at radius 3 is 3.05 bits per heavy atom. The number of ether oxygens (including phenoxy) is 1. The SMILES string of the molecule is COc1ncccc1Cn1ncc(NC2CC2)cc1=O.